The molecule has 2 aromatic rings. The van der Waals surface area contributed by atoms with Crippen LogP contribution in [0.1, 0.15) is 37.1 Å². The normalized spacial score (nSPS) is 15.0. The molecule has 1 aliphatic rings. The number of rotatable bonds is 5. The molecule has 5 heteroatoms. The highest BCUT2D eigenvalue weighted by Crippen LogP contribution is 2.22. The number of aryl methyl sites for hydroxylation is 1. The number of anilines is 2. The Hall–Kier alpha value is -2.17. The van der Waals surface area contributed by atoms with Crippen molar-refractivity contribution in [1.82, 2.24) is 9.97 Å². The van der Waals surface area contributed by atoms with Gasteiger partial charge in [0.2, 0.25) is 0 Å². The minimum atomic E-state index is -0.204. The van der Waals surface area contributed by atoms with Crippen molar-refractivity contribution >= 4 is 11.6 Å². The van der Waals surface area contributed by atoms with E-state index >= 15 is 0 Å². The number of halogens is 1. The predicted octanol–water partition coefficient (Wildman–Crippen LogP) is 3.89. The van der Waals surface area contributed by atoms with Crippen LogP contribution in [-0.2, 0) is 6.54 Å². The lowest BCUT2D eigenvalue weighted by atomic mass is 10.2. The Morgan fingerprint density at radius 3 is 2.64 bits per heavy atom. The lowest BCUT2D eigenvalue weighted by Gasteiger charge is -2.14. The summed E-state index contributed by atoms with van der Waals surface area (Å²) in [6, 6.07) is 9.17. The van der Waals surface area contributed by atoms with Crippen LogP contribution in [0, 0.1) is 12.7 Å². The summed E-state index contributed by atoms with van der Waals surface area (Å²) in [7, 11) is 0. The second-order valence-corrected chi connectivity index (χ2v) is 5.76. The zero-order chi connectivity index (χ0) is 15.4. The van der Waals surface area contributed by atoms with Gasteiger partial charge in [-0.25, -0.2) is 14.4 Å². The first-order valence-corrected chi connectivity index (χ1v) is 7.80. The molecule has 0 saturated heterocycles. The Morgan fingerprint density at radius 2 is 1.86 bits per heavy atom. The first-order chi connectivity index (χ1) is 10.7. The van der Waals surface area contributed by atoms with Crippen LogP contribution in [0.2, 0.25) is 0 Å². The lowest BCUT2D eigenvalue weighted by molar-refractivity contribution is 0.613. The van der Waals surface area contributed by atoms with Gasteiger partial charge >= 0.3 is 0 Å². The smallest absolute Gasteiger partial charge is 0.132 e. The molecule has 4 nitrogen and oxygen atoms in total. The molecule has 1 aromatic carbocycles. The summed E-state index contributed by atoms with van der Waals surface area (Å²) in [5.41, 5.74) is 0.629. The van der Waals surface area contributed by atoms with Gasteiger partial charge in [-0.3, -0.25) is 0 Å². The Bertz CT molecular complexity index is 638. The van der Waals surface area contributed by atoms with Crippen LogP contribution in [0.5, 0.6) is 0 Å². The maximum atomic E-state index is 13.6. The fourth-order valence-corrected chi connectivity index (χ4v) is 2.84. The van der Waals surface area contributed by atoms with E-state index in [4.69, 9.17) is 0 Å². The van der Waals surface area contributed by atoms with Gasteiger partial charge in [-0.1, -0.05) is 31.0 Å². The summed E-state index contributed by atoms with van der Waals surface area (Å²) < 4.78 is 13.6. The molecule has 0 amide bonds. The van der Waals surface area contributed by atoms with E-state index in [1.807, 2.05) is 19.1 Å². The molecule has 3 rings (SSSR count). The largest absolute Gasteiger partial charge is 0.367 e. The monoisotopic (exact) mass is 300 g/mol. The van der Waals surface area contributed by atoms with E-state index in [2.05, 4.69) is 20.6 Å². The van der Waals surface area contributed by atoms with Gasteiger partial charge in [-0.15, -0.1) is 0 Å². The van der Waals surface area contributed by atoms with Gasteiger partial charge in [0.1, 0.15) is 23.3 Å². The van der Waals surface area contributed by atoms with Crippen LogP contribution < -0.4 is 10.6 Å². The second-order valence-electron chi connectivity index (χ2n) is 5.76. The van der Waals surface area contributed by atoms with Gasteiger partial charge in [-0.2, -0.15) is 0 Å². The maximum absolute atomic E-state index is 13.6. The molecular weight excluding hydrogens is 279 g/mol. The number of nitrogens with one attached hydrogen (secondary N) is 2. The van der Waals surface area contributed by atoms with E-state index < -0.39 is 0 Å². The Balaban J connectivity index is 1.68. The standard InChI is InChI=1S/C17H21FN4/c1-12-20-16(19-11-13-6-2-5-9-15(13)18)10-17(21-12)22-14-7-3-4-8-14/h2,5-6,9-10,14H,3-4,7-8,11H2,1H3,(H2,19,20,21,22). The number of hydrogen-bond acceptors (Lipinski definition) is 4. The van der Waals surface area contributed by atoms with Crippen LogP contribution in [0.15, 0.2) is 30.3 Å². The van der Waals surface area contributed by atoms with Crippen molar-refractivity contribution in [2.45, 2.75) is 45.2 Å². The first-order valence-electron chi connectivity index (χ1n) is 7.80. The van der Waals surface area contributed by atoms with Gasteiger partial charge < -0.3 is 10.6 Å². The number of hydrogen-bond donors (Lipinski definition) is 2. The van der Waals surface area contributed by atoms with Crippen molar-refractivity contribution in [2.75, 3.05) is 10.6 Å². The zero-order valence-electron chi connectivity index (χ0n) is 12.8. The fraction of sp³-hybridized carbons (Fsp3) is 0.412. The third kappa shape index (κ3) is 3.72. The topological polar surface area (TPSA) is 49.8 Å². The predicted molar refractivity (Wildman–Crippen MR) is 86.4 cm³/mol. The maximum Gasteiger partial charge on any atom is 0.132 e. The molecular formula is C17H21FN4. The summed E-state index contributed by atoms with van der Waals surface area (Å²) in [6.07, 6.45) is 4.95. The van der Waals surface area contributed by atoms with E-state index in [1.165, 1.54) is 31.7 Å². The third-order valence-corrected chi connectivity index (χ3v) is 3.96. The molecule has 0 unspecified atom stereocenters. The summed E-state index contributed by atoms with van der Waals surface area (Å²) in [5, 5.41) is 6.64. The van der Waals surface area contributed by atoms with E-state index in [9.17, 15) is 4.39 Å². The quantitative estimate of drug-likeness (QED) is 0.879. The average molecular weight is 300 g/mol. The zero-order valence-corrected chi connectivity index (χ0v) is 12.8. The number of benzene rings is 1. The Labute approximate surface area is 130 Å². The third-order valence-electron chi connectivity index (χ3n) is 3.96. The van der Waals surface area contributed by atoms with Gasteiger partial charge in [0.15, 0.2) is 0 Å². The fourth-order valence-electron chi connectivity index (χ4n) is 2.84. The van der Waals surface area contributed by atoms with Crippen LogP contribution in [-0.4, -0.2) is 16.0 Å². The highest BCUT2D eigenvalue weighted by atomic mass is 19.1. The molecule has 116 valence electrons. The first kappa shape index (κ1) is 14.8. The van der Waals surface area contributed by atoms with Crippen molar-refractivity contribution in [2.24, 2.45) is 0 Å². The van der Waals surface area contributed by atoms with Crippen molar-refractivity contribution in [1.29, 1.82) is 0 Å². The Morgan fingerprint density at radius 1 is 1.14 bits per heavy atom. The molecule has 0 spiro atoms. The van der Waals surface area contributed by atoms with E-state index in [-0.39, 0.29) is 5.82 Å². The van der Waals surface area contributed by atoms with Crippen molar-refractivity contribution in [3.05, 3.63) is 47.5 Å². The average Bonchev–Trinajstić information content (AvgIpc) is 2.99. The minimum Gasteiger partial charge on any atom is -0.367 e. The van der Waals surface area contributed by atoms with Crippen LogP contribution in [0.25, 0.3) is 0 Å². The van der Waals surface area contributed by atoms with Gasteiger partial charge in [0.05, 0.1) is 0 Å². The molecule has 0 aliphatic heterocycles. The van der Waals surface area contributed by atoms with E-state index in [1.54, 1.807) is 12.1 Å². The van der Waals surface area contributed by atoms with Crippen molar-refractivity contribution < 1.29 is 4.39 Å². The summed E-state index contributed by atoms with van der Waals surface area (Å²) in [5.74, 6) is 2.07. The van der Waals surface area contributed by atoms with Crippen LogP contribution >= 0.6 is 0 Å². The van der Waals surface area contributed by atoms with Gasteiger partial charge in [0, 0.05) is 24.2 Å². The molecule has 1 aliphatic carbocycles. The van der Waals surface area contributed by atoms with E-state index in [0.717, 1.165) is 11.6 Å². The highest BCUT2D eigenvalue weighted by molar-refractivity contribution is 5.48. The van der Waals surface area contributed by atoms with Crippen LogP contribution in [0.3, 0.4) is 0 Å². The number of aromatic nitrogens is 2. The van der Waals surface area contributed by atoms with Crippen molar-refractivity contribution in [3.8, 4) is 0 Å². The molecule has 22 heavy (non-hydrogen) atoms. The molecule has 1 aromatic heterocycles. The number of nitrogens with zero attached hydrogens (tertiary/aromatic N) is 2. The molecule has 1 saturated carbocycles. The van der Waals surface area contributed by atoms with Gasteiger partial charge in [0.25, 0.3) is 0 Å². The summed E-state index contributed by atoms with van der Waals surface area (Å²) in [6.45, 7) is 2.28. The minimum absolute atomic E-state index is 0.204. The molecule has 2 N–H and O–H groups in total. The molecule has 0 radical (unpaired) electrons. The highest BCUT2D eigenvalue weighted by Gasteiger charge is 2.15. The molecule has 0 bridgehead atoms. The molecule has 0 atom stereocenters. The van der Waals surface area contributed by atoms with E-state index in [0.29, 0.717) is 24.0 Å². The van der Waals surface area contributed by atoms with Crippen LogP contribution in [0.4, 0.5) is 16.0 Å². The summed E-state index contributed by atoms with van der Waals surface area (Å²) in [4.78, 5) is 8.80. The molecule has 1 fully saturated rings. The SMILES string of the molecule is Cc1nc(NCc2ccccc2F)cc(NC2CCCC2)n1. The van der Waals surface area contributed by atoms with Gasteiger partial charge in [-0.05, 0) is 25.8 Å². The lowest BCUT2D eigenvalue weighted by Crippen LogP contribution is -2.16. The summed E-state index contributed by atoms with van der Waals surface area (Å²) >= 11 is 0. The van der Waals surface area contributed by atoms with Crippen molar-refractivity contribution in [3.63, 3.8) is 0 Å². The Kier molecular flexibility index (Phi) is 4.51. The molecule has 1 heterocycles. The second kappa shape index (κ2) is 6.73.